The van der Waals surface area contributed by atoms with Gasteiger partial charge in [0.1, 0.15) is 5.82 Å². The lowest BCUT2D eigenvalue weighted by Crippen LogP contribution is -2.60. The number of piperazine rings is 1. The van der Waals surface area contributed by atoms with Crippen LogP contribution < -0.4 is 5.32 Å². The molecule has 1 aliphatic rings. The largest absolute Gasteiger partial charge is 0.314 e. The van der Waals surface area contributed by atoms with E-state index in [-0.39, 0.29) is 11.4 Å². The van der Waals surface area contributed by atoms with Gasteiger partial charge in [-0.15, -0.1) is 0 Å². The van der Waals surface area contributed by atoms with Crippen LogP contribution in [0.5, 0.6) is 0 Å². The first-order valence-corrected chi connectivity index (χ1v) is 7.39. The van der Waals surface area contributed by atoms with Gasteiger partial charge in [-0.2, -0.15) is 0 Å². The van der Waals surface area contributed by atoms with Crippen LogP contribution in [0.25, 0.3) is 0 Å². The number of halogens is 2. The molecule has 0 amide bonds. The first kappa shape index (κ1) is 14.8. The van der Waals surface area contributed by atoms with Crippen LogP contribution in [-0.2, 0) is 6.54 Å². The SMILES string of the molecule is CCC1(CC)CNCCN1Cc1ccc(Cl)cc1F. The monoisotopic (exact) mass is 284 g/mol. The Balaban J connectivity index is 2.19. The summed E-state index contributed by atoms with van der Waals surface area (Å²) < 4.78 is 13.9. The van der Waals surface area contributed by atoms with E-state index < -0.39 is 0 Å². The summed E-state index contributed by atoms with van der Waals surface area (Å²) in [5, 5.41) is 3.92. The van der Waals surface area contributed by atoms with Crippen molar-refractivity contribution in [2.75, 3.05) is 19.6 Å². The van der Waals surface area contributed by atoms with E-state index >= 15 is 0 Å². The number of hydrogen-bond acceptors (Lipinski definition) is 2. The predicted molar refractivity (Wildman–Crippen MR) is 78.0 cm³/mol. The molecule has 0 bridgehead atoms. The zero-order chi connectivity index (χ0) is 13.9. The smallest absolute Gasteiger partial charge is 0.129 e. The summed E-state index contributed by atoms with van der Waals surface area (Å²) in [5.74, 6) is -0.202. The number of benzene rings is 1. The Morgan fingerprint density at radius 1 is 1.37 bits per heavy atom. The fourth-order valence-corrected chi connectivity index (χ4v) is 3.09. The molecule has 0 atom stereocenters. The molecule has 0 unspecified atom stereocenters. The van der Waals surface area contributed by atoms with E-state index in [1.54, 1.807) is 12.1 Å². The van der Waals surface area contributed by atoms with Crippen molar-refractivity contribution in [1.29, 1.82) is 0 Å². The van der Waals surface area contributed by atoms with Crippen molar-refractivity contribution < 1.29 is 4.39 Å². The molecule has 106 valence electrons. The van der Waals surface area contributed by atoms with Gasteiger partial charge in [0.05, 0.1) is 0 Å². The fraction of sp³-hybridized carbons (Fsp3) is 0.600. The van der Waals surface area contributed by atoms with E-state index in [0.717, 1.165) is 38.0 Å². The van der Waals surface area contributed by atoms with E-state index in [1.807, 2.05) is 0 Å². The molecule has 1 aromatic rings. The Morgan fingerprint density at radius 2 is 2.11 bits per heavy atom. The molecule has 2 nitrogen and oxygen atoms in total. The molecular formula is C15H22ClFN2. The van der Waals surface area contributed by atoms with Crippen LogP contribution in [0, 0.1) is 5.82 Å². The number of hydrogen-bond donors (Lipinski definition) is 1. The maximum absolute atomic E-state index is 13.9. The minimum Gasteiger partial charge on any atom is -0.314 e. The molecule has 0 aromatic heterocycles. The predicted octanol–water partition coefficient (Wildman–Crippen LogP) is 3.44. The van der Waals surface area contributed by atoms with Crippen molar-refractivity contribution in [3.05, 3.63) is 34.6 Å². The summed E-state index contributed by atoms with van der Waals surface area (Å²) >= 11 is 5.81. The molecule has 1 heterocycles. The van der Waals surface area contributed by atoms with Crippen molar-refractivity contribution in [2.45, 2.75) is 38.8 Å². The fourth-order valence-electron chi connectivity index (χ4n) is 2.93. The third-order valence-electron chi connectivity index (χ3n) is 4.38. The molecular weight excluding hydrogens is 263 g/mol. The van der Waals surface area contributed by atoms with E-state index in [2.05, 4.69) is 24.1 Å². The summed E-state index contributed by atoms with van der Waals surface area (Å²) in [6, 6.07) is 4.97. The average Bonchev–Trinajstić information content (AvgIpc) is 2.42. The minimum atomic E-state index is -0.202. The molecule has 0 spiro atoms. The maximum Gasteiger partial charge on any atom is 0.129 e. The molecule has 1 N–H and O–H groups in total. The first-order valence-electron chi connectivity index (χ1n) is 7.01. The van der Waals surface area contributed by atoms with Crippen molar-refractivity contribution in [3.63, 3.8) is 0 Å². The Morgan fingerprint density at radius 3 is 2.74 bits per heavy atom. The van der Waals surface area contributed by atoms with Crippen LogP contribution in [0.15, 0.2) is 18.2 Å². The highest BCUT2D eigenvalue weighted by molar-refractivity contribution is 6.30. The third-order valence-corrected chi connectivity index (χ3v) is 4.61. The summed E-state index contributed by atoms with van der Waals surface area (Å²) in [7, 11) is 0. The molecule has 0 radical (unpaired) electrons. The molecule has 19 heavy (non-hydrogen) atoms. The Labute approximate surface area is 119 Å². The van der Waals surface area contributed by atoms with Gasteiger partial charge in [-0.05, 0) is 25.0 Å². The van der Waals surface area contributed by atoms with Crippen LogP contribution in [0.2, 0.25) is 5.02 Å². The topological polar surface area (TPSA) is 15.3 Å². The zero-order valence-corrected chi connectivity index (χ0v) is 12.4. The van der Waals surface area contributed by atoms with Crippen molar-refractivity contribution in [2.24, 2.45) is 0 Å². The highest BCUT2D eigenvalue weighted by Gasteiger charge is 2.35. The molecule has 4 heteroatoms. The van der Waals surface area contributed by atoms with Crippen LogP contribution in [-0.4, -0.2) is 30.1 Å². The molecule has 1 saturated heterocycles. The zero-order valence-electron chi connectivity index (χ0n) is 11.7. The quantitative estimate of drug-likeness (QED) is 0.911. The Kier molecular flexibility index (Phi) is 4.82. The summed E-state index contributed by atoms with van der Waals surface area (Å²) in [6.07, 6.45) is 2.15. The van der Waals surface area contributed by atoms with Gasteiger partial charge in [-0.25, -0.2) is 4.39 Å². The second kappa shape index (κ2) is 6.21. The van der Waals surface area contributed by atoms with Gasteiger partial charge in [0.15, 0.2) is 0 Å². The second-order valence-electron chi connectivity index (χ2n) is 5.27. The lowest BCUT2D eigenvalue weighted by molar-refractivity contribution is 0.0438. The van der Waals surface area contributed by atoms with Gasteiger partial charge < -0.3 is 5.32 Å². The molecule has 1 aliphatic heterocycles. The second-order valence-corrected chi connectivity index (χ2v) is 5.70. The van der Waals surface area contributed by atoms with Crippen molar-refractivity contribution >= 4 is 11.6 Å². The van der Waals surface area contributed by atoms with E-state index in [0.29, 0.717) is 11.6 Å². The van der Waals surface area contributed by atoms with E-state index in [9.17, 15) is 4.39 Å². The van der Waals surface area contributed by atoms with Gasteiger partial charge in [0.2, 0.25) is 0 Å². The standard InChI is InChI=1S/C15H22ClFN2/c1-3-15(4-2)11-18-7-8-19(15)10-12-5-6-13(16)9-14(12)17/h5-6,9,18H,3-4,7-8,10-11H2,1-2H3. The highest BCUT2D eigenvalue weighted by Crippen LogP contribution is 2.28. The summed E-state index contributed by atoms with van der Waals surface area (Å²) in [4.78, 5) is 2.41. The summed E-state index contributed by atoms with van der Waals surface area (Å²) in [6.45, 7) is 7.99. The van der Waals surface area contributed by atoms with E-state index in [4.69, 9.17) is 11.6 Å². The Bertz CT molecular complexity index is 432. The average molecular weight is 285 g/mol. The molecule has 1 aromatic carbocycles. The normalized spacial score (nSPS) is 19.6. The van der Waals surface area contributed by atoms with Crippen LogP contribution >= 0.6 is 11.6 Å². The lowest BCUT2D eigenvalue weighted by atomic mass is 9.88. The highest BCUT2D eigenvalue weighted by atomic mass is 35.5. The van der Waals surface area contributed by atoms with Crippen LogP contribution in [0.4, 0.5) is 4.39 Å². The third kappa shape index (κ3) is 3.10. The summed E-state index contributed by atoms with van der Waals surface area (Å²) in [5.41, 5.74) is 0.877. The molecule has 0 aliphatic carbocycles. The van der Waals surface area contributed by atoms with Crippen LogP contribution in [0.3, 0.4) is 0 Å². The molecule has 2 rings (SSSR count). The van der Waals surface area contributed by atoms with E-state index in [1.165, 1.54) is 6.07 Å². The number of nitrogens with zero attached hydrogens (tertiary/aromatic N) is 1. The molecule has 0 saturated carbocycles. The molecule has 1 fully saturated rings. The maximum atomic E-state index is 13.9. The number of rotatable bonds is 4. The van der Waals surface area contributed by atoms with Gasteiger partial charge in [-0.3, -0.25) is 4.90 Å². The number of nitrogens with one attached hydrogen (secondary N) is 1. The van der Waals surface area contributed by atoms with Gasteiger partial charge in [0, 0.05) is 42.3 Å². The minimum absolute atomic E-state index is 0.143. The van der Waals surface area contributed by atoms with Gasteiger partial charge in [-0.1, -0.05) is 31.5 Å². The Hall–Kier alpha value is -0.640. The van der Waals surface area contributed by atoms with Crippen molar-refractivity contribution in [1.82, 2.24) is 10.2 Å². The van der Waals surface area contributed by atoms with Gasteiger partial charge in [0.25, 0.3) is 0 Å². The lowest BCUT2D eigenvalue weighted by Gasteiger charge is -2.47. The van der Waals surface area contributed by atoms with Crippen LogP contribution in [0.1, 0.15) is 32.3 Å². The first-order chi connectivity index (χ1) is 9.11. The van der Waals surface area contributed by atoms with Crippen molar-refractivity contribution in [3.8, 4) is 0 Å². The van der Waals surface area contributed by atoms with Gasteiger partial charge >= 0.3 is 0 Å².